The normalized spacial score (nSPS) is 21.0. The maximum Gasteiger partial charge on any atom is 0.224 e. The Bertz CT molecular complexity index is 430. The van der Waals surface area contributed by atoms with Crippen LogP contribution in [0.1, 0.15) is 31.5 Å². The molecular formula is C14H22N4O. The first-order valence-corrected chi connectivity index (χ1v) is 6.80. The molecule has 5 heteroatoms. The molecule has 5 nitrogen and oxygen atoms in total. The third kappa shape index (κ3) is 3.23. The average molecular weight is 262 g/mol. The van der Waals surface area contributed by atoms with Crippen LogP contribution in [0.3, 0.4) is 0 Å². The van der Waals surface area contributed by atoms with E-state index in [1.807, 2.05) is 25.3 Å². The minimum Gasteiger partial charge on any atom is -0.369 e. The fourth-order valence-electron chi connectivity index (χ4n) is 2.48. The highest BCUT2D eigenvalue weighted by atomic mass is 16.1. The Morgan fingerprint density at radius 1 is 1.58 bits per heavy atom. The van der Waals surface area contributed by atoms with Gasteiger partial charge in [-0.15, -0.1) is 0 Å². The Balaban J connectivity index is 2.06. The fourth-order valence-corrected chi connectivity index (χ4v) is 2.48. The van der Waals surface area contributed by atoms with Crippen LogP contribution in [0.15, 0.2) is 18.3 Å². The number of rotatable bonds is 3. The van der Waals surface area contributed by atoms with Gasteiger partial charge in [-0.25, -0.2) is 0 Å². The zero-order chi connectivity index (χ0) is 13.8. The number of nitrogens with one attached hydrogen (secondary N) is 1. The van der Waals surface area contributed by atoms with Crippen molar-refractivity contribution in [3.05, 3.63) is 24.0 Å². The summed E-state index contributed by atoms with van der Waals surface area (Å²) in [5.41, 5.74) is 7.75. The van der Waals surface area contributed by atoms with Crippen LogP contribution < -0.4 is 16.0 Å². The molecule has 1 saturated heterocycles. The lowest BCUT2D eigenvalue weighted by Gasteiger charge is -2.33. The van der Waals surface area contributed by atoms with Crippen LogP contribution in [0.5, 0.6) is 0 Å². The maximum atomic E-state index is 11.7. The Labute approximate surface area is 114 Å². The first-order chi connectivity index (χ1) is 9.11. The number of aromatic nitrogens is 1. The predicted octanol–water partition coefficient (Wildman–Crippen LogP) is 1.06. The van der Waals surface area contributed by atoms with Gasteiger partial charge < -0.3 is 16.0 Å². The molecule has 1 amide bonds. The van der Waals surface area contributed by atoms with Crippen molar-refractivity contribution >= 4 is 11.6 Å². The van der Waals surface area contributed by atoms with Crippen molar-refractivity contribution in [2.24, 2.45) is 11.7 Å². The standard InChI is InChI=1S/C14H22N4O/c1-10(15)13-6-5-12(8-17-13)18-7-3-4-11(9-18)14(19)16-2/h5-6,8,10-11H,3-4,7,9,15H2,1-2H3,(H,16,19)/t10-,11?/m0/s1. The molecule has 0 aromatic carbocycles. The van der Waals surface area contributed by atoms with Gasteiger partial charge in [-0.3, -0.25) is 9.78 Å². The van der Waals surface area contributed by atoms with E-state index in [0.717, 1.165) is 37.3 Å². The van der Waals surface area contributed by atoms with Crippen molar-refractivity contribution < 1.29 is 4.79 Å². The zero-order valence-electron chi connectivity index (χ0n) is 11.6. The molecule has 1 aromatic heterocycles. The van der Waals surface area contributed by atoms with Crippen LogP contribution in [0.4, 0.5) is 5.69 Å². The summed E-state index contributed by atoms with van der Waals surface area (Å²) in [6, 6.07) is 3.95. The zero-order valence-corrected chi connectivity index (χ0v) is 11.6. The van der Waals surface area contributed by atoms with Crippen LogP contribution in [0.25, 0.3) is 0 Å². The monoisotopic (exact) mass is 262 g/mol. The molecule has 0 saturated carbocycles. The fraction of sp³-hybridized carbons (Fsp3) is 0.571. The van der Waals surface area contributed by atoms with E-state index >= 15 is 0 Å². The quantitative estimate of drug-likeness (QED) is 0.854. The van der Waals surface area contributed by atoms with Gasteiger partial charge in [0, 0.05) is 26.2 Å². The number of carbonyl (C=O) groups is 1. The molecule has 19 heavy (non-hydrogen) atoms. The van der Waals surface area contributed by atoms with Crippen molar-refractivity contribution in [2.45, 2.75) is 25.8 Å². The van der Waals surface area contributed by atoms with Gasteiger partial charge in [-0.2, -0.15) is 0 Å². The molecule has 0 radical (unpaired) electrons. The molecule has 0 aliphatic carbocycles. The summed E-state index contributed by atoms with van der Waals surface area (Å²) in [6.45, 7) is 3.66. The number of pyridine rings is 1. The molecule has 1 aliphatic heterocycles. The third-order valence-electron chi connectivity index (χ3n) is 3.64. The van der Waals surface area contributed by atoms with E-state index in [4.69, 9.17) is 5.73 Å². The average Bonchev–Trinajstić information content (AvgIpc) is 2.46. The molecule has 3 N–H and O–H groups in total. The van der Waals surface area contributed by atoms with E-state index < -0.39 is 0 Å². The number of nitrogens with two attached hydrogens (primary N) is 1. The first-order valence-electron chi connectivity index (χ1n) is 6.80. The van der Waals surface area contributed by atoms with Crippen LogP contribution in [0, 0.1) is 5.92 Å². The van der Waals surface area contributed by atoms with Gasteiger partial charge in [-0.1, -0.05) is 0 Å². The summed E-state index contributed by atoms with van der Waals surface area (Å²) in [4.78, 5) is 18.3. The predicted molar refractivity (Wildman–Crippen MR) is 75.8 cm³/mol. The molecule has 1 aromatic rings. The second-order valence-corrected chi connectivity index (χ2v) is 5.13. The Morgan fingerprint density at radius 3 is 2.95 bits per heavy atom. The second-order valence-electron chi connectivity index (χ2n) is 5.13. The van der Waals surface area contributed by atoms with Crippen LogP contribution in [-0.4, -0.2) is 31.0 Å². The molecule has 104 valence electrons. The van der Waals surface area contributed by atoms with Gasteiger partial charge in [-0.05, 0) is 31.9 Å². The lowest BCUT2D eigenvalue weighted by atomic mass is 9.97. The third-order valence-corrected chi connectivity index (χ3v) is 3.64. The molecule has 0 spiro atoms. The van der Waals surface area contributed by atoms with Crippen molar-refractivity contribution in [3.8, 4) is 0 Å². The smallest absolute Gasteiger partial charge is 0.224 e. The van der Waals surface area contributed by atoms with Crippen molar-refractivity contribution in [1.82, 2.24) is 10.3 Å². The number of anilines is 1. The molecule has 2 rings (SSSR count). The SMILES string of the molecule is CNC(=O)C1CCCN(c2ccc([C@H](C)N)nc2)C1. The molecule has 1 aliphatic rings. The molecule has 2 atom stereocenters. The molecular weight excluding hydrogens is 240 g/mol. The highest BCUT2D eigenvalue weighted by molar-refractivity contribution is 5.79. The van der Waals surface area contributed by atoms with Crippen molar-refractivity contribution in [1.29, 1.82) is 0 Å². The Kier molecular flexibility index (Phi) is 4.37. The number of piperidine rings is 1. The number of nitrogens with zero attached hydrogens (tertiary/aromatic N) is 2. The summed E-state index contributed by atoms with van der Waals surface area (Å²) in [5, 5.41) is 2.73. The van der Waals surface area contributed by atoms with Crippen molar-refractivity contribution in [3.63, 3.8) is 0 Å². The summed E-state index contributed by atoms with van der Waals surface area (Å²) in [6.07, 6.45) is 3.85. The maximum absolute atomic E-state index is 11.7. The van der Waals surface area contributed by atoms with Gasteiger partial charge in [0.15, 0.2) is 0 Å². The summed E-state index contributed by atoms with van der Waals surface area (Å²) < 4.78 is 0. The minimum atomic E-state index is -0.0472. The minimum absolute atomic E-state index is 0.0472. The van der Waals surface area contributed by atoms with Gasteiger partial charge in [0.25, 0.3) is 0 Å². The van der Waals surface area contributed by atoms with Crippen LogP contribution in [0.2, 0.25) is 0 Å². The molecule has 1 unspecified atom stereocenters. The Morgan fingerprint density at radius 2 is 2.37 bits per heavy atom. The first kappa shape index (κ1) is 13.8. The Hall–Kier alpha value is -1.62. The van der Waals surface area contributed by atoms with E-state index in [-0.39, 0.29) is 17.9 Å². The molecule has 2 heterocycles. The highest BCUT2D eigenvalue weighted by Gasteiger charge is 2.25. The largest absolute Gasteiger partial charge is 0.369 e. The van der Waals surface area contributed by atoms with Gasteiger partial charge in [0.2, 0.25) is 5.91 Å². The number of carbonyl (C=O) groups excluding carboxylic acids is 1. The van der Waals surface area contributed by atoms with Gasteiger partial charge in [0.1, 0.15) is 0 Å². The van der Waals surface area contributed by atoms with Crippen molar-refractivity contribution in [2.75, 3.05) is 25.0 Å². The van der Waals surface area contributed by atoms with Crippen LogP contribution in [-0.2, 0) is 4.79 Å². The summed E-state index contributed by atoms with van der Waals surface area (Å²) in [7, 11) is 1.69. The van der Waals surface area contributed by atoms with Gasteiger partial charge in [0.05, 0.1) is 23.5 Å². The molecule has 1 fully saturated rings. The number of hydrogen-bond acceptors (Lipinski definition) is 4. The van der Waals surface area contributed by atoms with Gasteiger partial charge >= 0.3 is 0 Å². The topological polar surface area (TPSA) is 71.2 Å². The summed E-state index contributed by atoms with van der Waals surface area (Å²) >= 11 is 0. The van der Waals surface area contributed by atoms with Crippen LogP contribution >= 0.6 is 0 Å². The molecule has 0 bridgehead atoms. The number of hydrogen-bond donors (Lipinski definition) is 2. The van der Waals surface area contributed by atoms with E-state index in [1.54, 1.807) is 7.05 Å². The highest BCUT2D eigenvalue weighted by Crippen LogP contribution is 2.23. The lowest BCUT2D eigenvalue weighted by Crippen LogP contribution is -2.42. The van der Waals surface area contributed by atoms with E-state index in [9.17, 15) is 4.79 Å². The van der Waals surface area contributed by atoms with E-state index in [2.05, 4.69) is 15.2 Å². The lowest BCUT2D eigenvalue weighted by molar-refractivity contribution is -0.124. The van der Waals surface area contributed by atoms with E-state index in [0.29, 0.717) is 0 Å². The summed E-state index contributed by atoms with van der Waals surface area (Å²) in [5.74, 6) is 0.205. The van der Waals surface area contributed by atoms with E-state index in [1.165, 1.54) is 0 Å². The number of amides is 1. The second kappa shape index (κ2) is 6.02.